The van der Waals surface area contributed by atoms with Gasteiger partial charge in [-0.1, -0.05) is 48.2 Å². The monoisotopic (exact) mass is 468 g/mol. The third-order valence-electron chi connectivity index (χ3n) is 4.51. The zero-order valence-electron chi connectivity index (χ0n) is 16.9. The van der Waals surface area contributed by atoms with Crippen molar-refractivity contribution in [2.24, 2.45) is 0 Å². The van der Waals surface area contributed by atoms with Gasteiger partial charge in [-0.2, -0.15) is 0 Å². The van der Waals surface area contributed by atoms with E-state index in [0.29, 0.717) is 23.1 Å². The van der Waals surface area contributed by atoms with E-state index in [4.69, 9.17) is 4.42 Å². The van der Waals surface area contributed by atoms with Crippen LogP contribution in [0.2, 0.25) is 0 Å². The number of carbonyl (C=O) groups is 1. The highest BCUT2D eigenvalue weighted by molar-refractivity contribution is 7.99. The van der Waals surface area contributed by atoms with Crippen LogP contribution in [0.1, 0.15) is 11.6 Å². The first-order chi connectivity index (χ1) is 15.5. The van der Waals surface area contributed by atoms with Gasteiger partial charge in [-0.3, -0.25) is 9.36 Å². The largest absolute Gasteiger partial charge is 0.467 e. The maximum absolute atomic E-state index is 12.9. The van der Waals surface area contributed by atoms with Crippen molar-refractivity contribution in [2.75, 3.05) is 5.75 Å². The van der Waals surface area contributed by atoms with E-state index in [1.807, 2.05) is 30.3 Å². The first-order valence-corrected chi connectivity index (χ1v) is 12.4. The molecule has 4 rings (SSSR count). The van der Waals surface area contributed by atoms with Crippen molar-refractivity contribution >= 4 is 27.5 Å². The molecule has 0 spiro atoms. The normalized spacial score (nSPS) is 11.4. The molecule has 10 heteroatoms. The molecule has 32 heavy (non-hydrogen) atoms. The van der Waals surface area contributed by atoms with Crippen LogP contribution in [0.25, 0.3) is 5.69 Å². The smallest absolute Gasteiger partial charge is 0.230 e. The molecule has 0 aliphatic rings. The molecule has 0 saturated carbocycles. The predicted molar refractivity (Wildman–Crippen MR) is 120 cm³/mol. The molecule has 0 bridgehead atoms. The van der Waals surface area contributed by atoms with Gasteiger partial charge in [0.25, 0.3) is 0 Å². The molecule has 2 aromatic carbocycles. The Morgan fingerprint density at radius 3 is 2.38 bits per heavy atom. The fourth-order valence-electron chi connectivity index (χ4n) is 2.98. The molecule has 164 valence electrons. The number of nitrogens with one attached hydrogen (secondary N) is 1. The van der Waals surface area contributed by atoms with Gasteiger partial charge in [0.15, 0.2) is 20.8 Å². The third kappa shape index (κ3) is 5.27. The summed E-state index contributed by atoms with van der Waals surface area (Å²) in [5.41, 5.74) is 0.717. The Morgan fingerprint density at radius 2 is 1.69 bits per heavy atom. The van der Waals surface area contributed by atoms with Gasteiger partial charge in [0.2, 0.25) is 5.91 Å². The minimum absolute atomic E-state index is 0.0944. The van der Waals surface area contributed by atoms with E-state index in [1.165, 1.54) is 11.8 Å². The molecule has 1 amide bonds. The van der Waals surface area contributed by atoms with Crippen LogP contribution >= 0.6 is 11.8 Å². The number of hydrogen-bond acceptors (Lipinski definition) is 7. The van der Waals surface area contributed by atoms with Crippen molar-refractivity contribution in [3.8, 4) is 5.69 Å². The van der Waals surface area contributed by atoms with Crippen LogP contribution in [0, 0.1) is 0 Å². The third-order valence-corrected chi connectivity index (χ3v) is 7.07. The zero-order valence-corrected chi connectivity index (χ0v) is 18.6. The van der Waals surface area contributed by atoms with Gasteiger partial charge in [-0.05, 0) is 36.4 Å². The Morgan fingerprint density at radius 1 is 0.969 bits per heavy atom. The molecule has 1 N–H and O–H groups in total. The fourth-order valence-corrected chi connectivity index (χ4v) is 5.05. The molecular weight excluding hydrogens is 448 g/mol. The lowest BCUT2D eigenvalue weighted by molar-refractivity contribution is -0.118. The number of rotatable bonds is 9. The molecule has 4 aromatic rings. The van der Waals surface area contributed by atoms with Crippen molar-refractivity contribution in [3.05, 3.63) is 90.6 Å². The summed E-state index contributed by atoms with van der Waals surface area (Å²) in [6.45, 7) is 0.290. The van der Waals surface area contributed by atoms with Crippen LogP contribution < -0.4 is 5.32 Å². The number of sulfone groups is 1. The molecule has 0 radical (unpaired) electrons. The van der Waals surface area contributed by atoms with Crippen LogP contribution in [0.5, 0.6) is 0 Å². The quantitative estimate of drug-likeness (QED) is 0.376. The molecule has 0 aliphatic heterocycles. The average molecular weight is 469 g/mol. The van der Waals surface area contributed by atoms with Crippen molar-refractivity contribution in [3.63, 3.8) is 0 Å². The standard InChI is InChI=1S/C22H20N4O4S2/c27-21(23-14-18-10-7-13-30-18)15-31-22-25-24-20(26(22)17-8-3-1-4-9-17)16-32(28,29)19-11-5-2-6-12-19/h1-13H,14-16H2,(H,23,27). The Kier molecular flexibility index (Phi) is 6.72. The van der Waals surface area contributed by atoms with Gasteiger partial charge in [0, 0.05) is 5.69 Å². The van der Waals surface area contributed by atoms with E-state index in [2.05, 4.69) is 15.5 Å². The fraction of sp³-hybridized carbons (Fsp3) is 0.136. The number of thioether (sulfide) groups is 1. The van der Waals surface area contributed by atoms with Gasteiger partial charge in [-0.25, -0.2) is 8.42 Å². The highest BCUT2D eigenvalue weighted by atomic mass is 32.2. The van der Waals surface area contributed by atoms with Gasteiger partial charge in [0.05, 0.1) is 23.5 Å². The summed E-state index contributed by atoms with van der Waals surface area (Å²) in [4.78, 5) is 12.5. The number of aromatic nitrogens is 3. The highest BCUT2D eigenvalue weighted by Gasteiger charge is 2.22. The van der Waals surface area contributed by atoms with Gasteiger partial charge in [-0.15, -0.1) is 10.2 Å². The minimum atomic E-state index is -3.62. The van der Waals surface area contributed by atoms with E-state index in [-0.39, 0.29) is 28.1 Å². The summed E-state index contributed by atoms with van der Waals surface area (Å²) in [6, 6.07) is 21.0. The second-order valence-electron chi connectivity index (χ2n) is 6.79. The molecule has 8 nitrogen and oxygen atoms in total. The first kappa shape index (κ1) is 21.8. The summed E-state index contributed by atoms with van der Waals surface area (Å²) in [7, 11) is -3.62. The summed E-state index contributed by atoms with van der Waals surface area (Å²) in [5, 5.41) is 11.5. The van der Waals surface area contributed by atoms with E-state index in [0.717, 1.165) is 0 Å². The van der Waals surface area contributed by atoms with Crippen molar-refractivity contribution in [1.82, 2.24) is 20.1 Å². The van der Waals surface area contributed by atoms with Crippen LogP contribution in [0.4, 0.5) is 0 Å². The average Bonchev–Trinajstić information content (AvgIpc) is 3.47. The SMILES string of the molecule is O=C(CSc1nnc(CS(=O)(=O)c2ccccc2)n1-c1ccccc1)NCc1ccco1. The molecule has 0 fully saturated rings. The molecule has 0 aliphatic carbocycles. The molecule has 0 unspecified atom stereocenters. The lowest BCUT2D eigenvalue weighted by Crippen LogP contribution is -2.24. The second kappa shape index (κ2) is 9.84. The Hall–Kier alpha value is -3.37. The van der Waals surface area contributed by atoms with Crippen LogP contribution in [-0.2, 0) is 26.9 Å². The van der Waals surface area contributed by atoms with Crippen LogP contribution in [0.3, 0.4) is 0 Å². The Balaban J connectivity index is 1.54. The number of hydrogen-bond donors (Lipinski definition) is 1. The van der Waals surface area contributed by atoms with Gasteiger partial charge < -0.3 is 9.73 Å². The summed E-state index contributed by atoms with van der Waals surface area (Å²) < 4.78 is 32.7. The highest BCUT2D eigenvalue weighted by Crippen LogP contribution is 2.24. The molecular formula is C22H20N4O4S2. The van der Waals surface area contributed by atoms with Gasteiger partial charge >= 0.3 is 0 Å². The van der Waals surface area contributed by atoms with E-state index < -0.39 is 9.84 Å². The zero-order chi connectivity index (χ0) is 22.4. The van der Waals surface area contributed by atoms with Crippen LogP contribution in [0.15, 0.2) is 93.5 Å². The van der Waals surface area contributed by atoms with Crippen molar-refractivity contribution in [2.45, 2.75) is 22.3 Å². The number of furan rings is 1. The number of amides is 1. The predicted octanol–water partition coefficient (Wildman–Crippen LogP) is 3.24. The molecule has 0 atom stereocenters. The second-order valence-corrected chi connectivity index (χ2v) is 9.72. The lowest BCUT2D eigenvalue weighted by Gasteiger charge is -2.11. The molecule has 2 aromatic heterocycles. The van der Waals surface area contributed by atoms with Crippen molar-refractivity contribution in [1.29, 1.82) is 0 Å². The number of benzene rings is 2. The summed E-state index contributed by atoms with van der Waals surface area (Å²) >= 11 is 1.18. The Bertz CT molecular complexity index is 1270. The summed E-state index contributed by atoms with van der Waals surface area (Å²) in [6.07, 6.45) is 1.55. The minimum Gasteiger partial charge on any atom is -0.467 e. The number of carbonyl (C=O) groups excluding carboxylic acids is 1. The molecule has 2 heterocycles. The summed E-state index contributed by atoms with van der Waals surface area (Å²) in [5.74, 6) is 0.511. The van der Waals surface area contributed by atoms with Crippen molar-refractivity contribution < 1.29 is 17.6 Å². The maximum atomic E-state index is 12.9. The maximum Gasteiger partial charge on any atom is 0.230 e. The first-order valence-electron chi connectivity index (χ1n) is 9.72. The van der Waals surface area contributed by atoms with E-state index in [1.54, 1.807) is 53.3 Å². The van der Waals surface area contributed by atoms with E-state index >= 15 is 0 Å². The number of para-hydroxylation sites is 1. The number of nitrogens with zero attached hydrogens (tertiary/aromatic N) is 3. The van der Waals surface area contributed by atoms with Crippen LogP contribution in [-0.4, -0.2) is 34.8 Å². The molecule has 0 saturated heterocycles. The van der Waals surface area contributed by atoms with E-state index in [9.17, 15) is 13.2 Å². The Labute approximate surface area is 189 Å². The van der Waals surface area contributed by atoms with Gasteiger partial charge in [0.1, 0.15) is 11.5 Å². The topological polar surface area (TPSA) is 107 Å². The lowest BCUT2D eigenvalue weighted by atomic mass is 10.3.